The van der Waals surface area contributed by atoms with Crippen LogP contribution in [0.2, 0.25) is 0 Å². The van der Waals surface area contributed by atoms with Crippen molar-refractivity contribution in [1.82, 2.24) is 9.55 Å². The molecule has 0 bridgehead atoms. The normalized spacial score (nSPS) is 19.6. The molecule has 2 N–H and O–H groups in total. The Hall–Kier alpha value is -2.97. The third-order valence-electron chi connectivity index (χ3n) is 6.36. The summed E-state index contributed by atoms with van der Waals surface area (Å²) in [5, 5.41) is 13.7. The van der Waals surface area contributed by atoms with Crippen LogP contribution in [0.25, 0.3) is 10.9 Å². The van der Waals surface area contributed by atoms with E-state index in [0.717, 1.165) is 29.3 Å². The second kappa shape index (κ2) is 8.52. The summed E-state index contributed by atoms with van der Waals surface area (Å²) in [4.78, 5) is 19.2. The molecule has 2 fully saturated rings. The number of anilines is 3. The highest BCUT2D eigenvalue weighted by Gasteiger charge is 2.22. The zero-order chi connectivity index (χ0) is 22.2. The summed E-state index contributed by atoms with van der Waals surface area (Å²) in [6.07, 6.45) is 4.17. The fraction of sp³-hybridized carbons (Fsp3) is 0.417. The van der Waals surface area contributed by atoms with Crippen LogP contribution < -0.4 is 15.8 Å². The number of benzene rings is 1. The van der Waals surface area contributed by atoms with Crippen molar-refractivity contribution in [2.75, 3.05) is 29.9 Å². The van der Waals surface area contributed by atoms with Gasteiger partial charge in [-0.2, -0.15) is 0 Å². The van der Waals surface area contributed by atoms with Crippen molar-refractivity contribution in [3.8, 4) is 0 Å². The maximum absolute atomic E-state index is 14.8. The SMILES string of the molecule is Cc1cc(=O)n(C2CCCO2)c2cc(Nc3ccc(N4CCC(O)CC4)c(F)c3)ncc12. The number of aliphatic hydroxyl groups excluding tert-OH is 1. The van der Waals surface area contributed by atoms with Gasteiger partial charge in [0.1, 0.15) is 17.9 Å². The van der Waals surface area contributed by atoms with E-state index in [1.165, 1.54) is 6.07 Å². The predicted molar refractivity (Wildman–Crippen MR) is 122 cm³/mol. The molecular formula is C24H27FN4O3. The molecule has 3 aromatic rings. The van der Waals surface area contributed by atoms with E-state index < -0.39 is 0 Å². The molecule has 7 nitrogen and oxygen atoms in total. The lowest BCUT2D eigenvalue weighted by molar-refractivity contribution is 0.0574. The first-order valence-corrected chi connectivity index (χ1v) is 11.1. The molecule has 0 aliphatic carbocycles. The van der Waals surface area contributed by atoms with Crippen LogP contribution in [0.15, 0.2) is 41.3 Å². The number of nitrogens with zero attached hydrogens (tertiary/aromatic N) is 3. The Morgan fingerprint density at radius 3 is 2.72 bits per heavy atom. The molecule has 0 spiro atoms. The smallest absolute Gasteiger partial charge is 0.253 e. The summed E-state index contributed by atoms with van der Waals surface area (Å²) in [5.74, 6) is 0.210. The van der Waals surface area contributed by atoms with Gasteiger partial charge < -0.3 is 20.1 Å². The number of rotatable bonds is 4. The summed E-state index contributed by atoms with van der Waals surface area (Å²) in [5.41, 5.74) is 2.63. The standard InChI is InChI=1S/C24H27FN4O3/c1-15-11-23(31)29(24-3-2-10-32-24)21-13-22(26-14-18(15)21)27-16-4-5-20(19(25)12-16)28-8-6-17(30)7-9-28/h4-5,11-14,17,24,30H,2-3,6-10H2,1H3,(H,26,27). The van der Waals surface area contributed by atoms with Gasteiger partial charge in [0.15, 0.2) is 0 Å². The Labute approximate surface area is 185 Å². The average Bonchev–Trinajstić information content (AvgIpc) is 3.29. The molecule has 2 aliphatic rings. The fourth-order valence-corrected chi connectivity index (χ4v) is 4.62. The highest BCUT2D eigenvalue weighted by molar-refractivity contribution is 5.84. The summed E-state index contributed by atoms with van der Waals surface area (Å²) < 4.78 is 22.3. The van der Waals surface area contributed by atoms with Crippen molar-refractivity contribution in [1.29, 1.82) is 0 Å². The van der Waals surface area contributed by atoms with E-state index in [9.17, 15) is 14.3 Å². The topological polar surface area (TPSA) is 79.6 Å². The number of halogens is 1. The van der Waals surface area contributed by atoms with Crippen molar-refractivity contribution >= 4 is 28.1 Å². The van der Waals surface area contributed by atoms with Crippen molar-refractivity contribution in [2.24, 2.45) is 0 Å². The average molecular weight is 439 g/mol. The van der Waals surface area contributed by atoms with Crippen LogP contribution in [0.5, 0.6) is 0 Å². The summed E-state index contributed by atoms with van der Waals surface area (Å²) >= 11 is 0. The number of hydrogen-bond donors (Lipinski definition) is 2. The van der Waals surface area contributed by atoms with Crippen molar-refractivity contribution in [2.45, 2.75) is 44.9 Å². The van der Waals surface area contributed by atoms with E-state index in [2.05, 4.69) is 10.3 Å². The number of hydrogen-bond acceptors (Lipinski definition) is 6. The zero-order valence-electron chi connectivity index (χ0n) is 18.1. The molecule has 1 atom stereocenters. The molecule has 1 unspecified atom stereocenters. The van der Waals surface area contributed by atoms with Gasteiger partial charge in [-0.05, 0) is 56.4 Å². The van der Waals surface area contributed by atoms with Gasteiger partial charge in [0.2, 0.25) is 0 Å². The van der Waals surface area contributed by atoms with Gasteiger partial charge in [-0.15, -0.1) is 0 Å². The van der Waals surface area contributed by atoms with Gasteiger partial charge in [-0.3, -0.25) is 9.36 Å². The number of nitrogens with one attached hydrogen (secondary N) is 1. The molecule has 2 saturated heterocycles. The van der Waals surface area contributed by atoms with E-state index in [1.807, 2.05) is 24.0 Å². The minimum Gasteiger partial charge on any atom is -0.393 e. The first-order valence-electron chi connectivity index (χ1n) is 11.1. The van der Waals surface area contributed by atoms with Crippen molar-refractivity contribution < 1.29 is 14.2 Å². The number of piperidine rings is 1. The third kappa shape index (κ3) is 3.96. The number of fused-ring (bicyclic) bond motifs is 1. The number of aromatic nitrogens is 2. The zero-order valence-corrected chi connectivity index (χ0v) is 18.1. The van der Waals surface area contributed by atoms with E-state index in [1.54, 1.807) is 22.9 Å². The van der Waals surface area contributed by atoms with Gasteiger partial charge in [-0.1, -0.05) is 0 Å². The molecule has 2 aliphatic heterocycles. The van der Waals surface area contributed by atoms with Crippen LogP contribution in [-0.4, -0.2) is 40.5 Å². The summed E-state index contributed by atoms with van der Waals surface area (Å²) in [6, 6.07) is 8.47. The predicted octanol–water partition coefficient (Wildman–Crippen LogP) is 3.86. The van der Waals surface area contributed by atoms with Gasteiger partial charge in [0.05, 0.1) is 17.3 Å². The fourth-order valence-electron chi connectivity index (χ4n) is 4.62. The maximum atomic E-state index is 14.8. The maximum Gasteiger partial charge on any atom is 0.253 e. The number of pyridine rings is 2. The van der Waals surface area contributed by atoms with Crippen LogP contribution in [0.4, 0.5) is 21.6 Å². The van der Waals surface area contributed by atoms with E-state index in [-0.39, 0.29) is 23.7 Å². The highest BCUT2D eigenvalue weighted by Crippen LogP contribution is 2.30. The van der Waals surface area contributed by atoms with E-state index >= 15 is 0 Å². The number of aryl methyl sites for hydroxylation is 1. The Balaban J connectivity index is 1.45. The minimum absolute atomic E-state index is 0.0962. The molecule has 168 valence electrons. The van der Waals surface area contributed by atoms with Crippen LogP contribution in [0, 0.1) is 12.7 Å². The summed E-state index contributed by atoms with van der Waals surface area (Å²) in [7, 11) is 0. The monoisotopic (exact) mass is 438 g/mol. The quantitative estimate of drug-likeness (QED) is 0.644. The molecule has 0 saturated carbocycles. The lowest BCUT2D eigenvalue weighted by atomic mass is 10.1. The van der Waals surface area contributed by atoms with Gasteiger partial charge in [0.25, 0.3) is 5.56 Å². The Morgan fingerprint density at radius 1 is 1.19 bits per heavy atom. The van der Waals surface area contributed by atoms with Crippen LogP contribution in [-0.2, 0) is 4.74 Å². The third-order valence-corrected chi connectivity index (χ3v) is 6.36. The van der Waals surface area contributed by atoms with Crippen molar-refractivity contribution in [3.05, 3.63) is 58.3 Å². The van der Waals surface area contributed by atoms with Crippen LogP contribution >= 0.6 is 0 Å². The van der Waals surface area contributed by atoms with Gasteiger partial charge in [-0.25, -0.2) is 9.37 Å². The first-order chi connectivity index (χ1) is 15.5. The molecule has 0 radical (unpaired) electrons. The van der Waals surface area contributed by atoms with Crippen molar-refractivity contribution in [3.63, 3.8) is 0 Å². The lowest BCUT2D eigenvalue weighted by Crippen LogP contribution is -2.36. The highest BCUT2D eigenvalue weighted by atomic mass is 19.1. The molecular weight excluding hydrogens is 411 g/mol. The Morgan fingerprint density at radius 2 is 2.00 bits per heavy atom. The summed E-state index contributed by atoms with van der Waals surface area (Å²) in [6.45, 7) is 3.81. The first kappa shape index (κ1) is 20.9. The molecule has 5 rings (SSSR count). The number of aliphatic hydroxyl groups is 1. The molecule has 4 heterocycles. The molecule has 2 aromatic heterocycles. The van der Waals surface area contributed by atoms with Crippen LogP contribution in [0.3, 0.4) is 0 Å². The second-order valence-electron chi connectivity index (χ2n) is 8.60. The van der Waals surface area contributed by atoms with E-state index in [4.69, 9.17) is 4.74 Å². The largest absolute Gasteiger partial charge is 0.393 e. The molecule has 32 heavy (non-hydrogen) atoms. The molecule has 1 aromatic carbocycles. The lowest BCUT2D eigenvalue weighted by Gasteiger charge is -2.31. The van der Waals surface area contributed by atoms with Crippen LogP contribution in [0.1, 0.15) is 37.5 Å². The number of ether oxygens (including phenoxy) is 1. The minimum atomic E-state index is -0.320. The van der Waals surface area contributed by atoms with E-state index in [0.29, 0.717) is 49.7 Å². The Bertz CT molecular complexity index is 1200. The van der Waals surface area contributed by atoms with Gasteiger partial charge >= 0.3 is 0 Å². The second-order valence-corrected chi connectivity index (χ2v) is 8.60. The van der Waals surface area contributed by atoms with Gasteiger partial charge in [0, 0.05) is 49.1 Å². The Kier molecular flexibility index (Phi) is 5.57. The molecule has 8 heteroatoms. The molecule has 0 amide bonds.